The van der Waals surface area contributed by atoms with Gasteiger partial charge in [0.1, 0.15) is 24.4 Å². The minimum Gasteiger partial charge on any atom is -0.388 e. The number of halogens is 1. The Balaban J connectivity index is 2.14. The van der Waals surface area contributed by atoms with Gasteiger partial charge in [-0.05, 0) is 32.7 Å². The lowest BCUT2D eigenvalue weighted by Crippen LogP contribution is -2.66. The summed E-state index contributed by atoms with van der Waals surface area (Å²) in [5.74, 6) is 0.238. The molecule has 0 aromatic heterocycles. The van der Waals surface area contributed by atoms with Gasteiger partial charge in [-0.2, -0.15) is 0 Å². The molecule has 28 heavy (non-hydrogen) atoms. The Morgan fingerprint density at radius 1 is 1.32 bits per heavy atom. The van der Waals surface area contributed by atoms with Crippen molar-refractivity contribution in [2.45, 2.75) is 80.4 Å². The third-order valence-electron chi connectivity index (χ3n) is 5.73. The molecule has 2 aliphatic heterocycles. The average Bonchev–Trinajstić information content (AvgIpc) is 2.98. The number of hydrogen-bond donors (Lipinski definition) is 4. The number of aliphatic hydroxyl groups excluding tert-OH is 3. The normalized spacial score (nSPS) is 40.1. The van der Waals surface area contributed by atoms with Crippen molar-refractivity contribution < 1.29 is 29.1 Å². The molecule has 10 heteroatoms. The molecular formula is C18H33ClN2O6S. The summed E-state index contributed by atoms with van der Waals surface area (Å²) in [6.07, 6.45) is -1.41. The minimum absolute atomic E-state index is 0.218. The summed E-state index contributed by atoms with van der Waals surface area (Å²) < 4.78 is 17.5. The number of alkyl halides is 1. The number of carbonyl (C=O) groups is 1. The molecule has 0 radical (unpaired) electrons. The lowest BCUT2D eigenvalue weighted by molar-refractivity contribution is -0.206. The molecule has 2 rings (SSSR count). The van der Waals surface area contributed by atoms with Crippen LogP contribution < -0.4 is 5.32 Å². The lowest BCUT2D eigenvalue weighted by atomic mass is 9.92. The van der Waals surface area contributed by atoms with Gasteiger partial charge >= 0.3 is 0 Å². The third-order valence-corrected chi connectivity index (χ3v) is 7.04. The monoisotopic (exact) mass is 440 g/mol. The predicted molar refractivity (Wildman–Crippen MR) is 107 cm³/mol. The third kappa shape index (κ3) is 5.24. The Morgan fingerprint density at radius 2 is 1.96 bits per heavy atom. The van der Waals surface area contributed by atoms with Crippen molar-refractivity contribution in [3.05, 3.63) is 0 Å². The fraction of sp³-hybridized carbons (Fsp3) is 0.944. The van der Waals surface area contributed by atoms with Crippen molar-refractivity contribution >= 4 is 28.3 Å². The van der Waals surface area contributed by atoms with Crippen molar-refractivity contribution in [1.82, 2.24) is 10.2 Å². The highest BCUT2D eigenvalue weighted by Crippen LogP contribution is 2.29. The number of amides is 1. The molecule has 0 spiro atoms. The maximum absolute atomic E-state index is 12.9. The first-order valence-corrected chi connectivity index (χ1v) is 11.8. The highest BCUT2D eigenvalue weighted by molar-refractivity contribution is 7.84. The van der Waals surface area contributed by atoms with Crippen LogP contribution in [0.25, 0.3) is 0 Å². The zero-order valence-corrected chi connectivity index (χ0v) is 18.4. The van der Waals surface area contributed by atoms with Crippen LogP contribution in [0.15, 0.2) is 0 Å². The Hall–Kier alpha value is -0.290. The van der Waals surface area contributed by atoms with E-state index in [0.717, 1.165) is 25.8 Å². The standard InChI is InChI=1S/C18H33ClN2O6S/c1-5-6-10-7-11(21(3)8-10)17(25)20-12(9(2)19)16-14(23)13(22)15(24)18(27-16)28(4)26/h9-16,18,22-24H,5-8H2,1-4H3,(H,20,25)/t9-,10+,11-,12+,13+,14-,15+,16+,18-,28-/m1/s1. The topological polar surface area (TPSA) is 119 Å². The van der Waals surface area contributed by atoms with Crippen LogP contribution in [0, 0.1) is 5.92 Å². The summed E-state index contributed by atoms with van der Waals surface area (Å²) in [7, 11) is 0.301. The molecule has 8 nitrogen and oxygen atoms in total. The van der Waals surface area contributed by atoms with E-state index in [4.69, 9.17) is 16.3 Å². The second-order valence-electron chi connectivity index (χ2n) is 8.00. The molecule has 4 N–H and O–H groups in total. The van der Waals surface area contributed by atoms with Crippen molar-refractivity contribution in [3.8, 4) is 0 Å². The molecule has 0 aromatic carbocycles. The molecule has 0 bridgehead atoms. The molecule has 0 unspecified atom stereocenters. The van der Waals surface area contributed by atoms with Crippen molar-refractivity contribution in [2.75, 3.05) is 19.8 Å². The highest BCUT2D eigenvalue weighted by Gasteiger charge is 2.49. The van der Waals surface area contributed by atoms with Gasteiger partial charge in [0.2, 0.25) is 5.91 Å². The number of nitrogens with zero attached hydrogens (tertiary/aromatic N) is 1. The number of carbonyl (C=O) groups excluding carboxylic acids is 1. The Morgan fingerprint density at radius 3 is 2.50 bits per heavy atom. The van der Waals surface area contributed by atoms with Crippen molar-refractivity contribution in [3.63, 3.8) is 0 Å². The number of likely N-dealkylation sites (tertiary alicyclic amines) is 1. The Bertz CT molecular complexity index is 568. The van der Waals surface area contributed by atoms with Gasteiger partial charge in [-0.1, -0.05) is 13.3 Å². The van der Waals surface area contributed by atoms with E-state index >= 15 is 0 Å². The Labute approximate surface area is 174 Å². The van der Waals surface area contributed by atoms with E-state index in [1.54, 1.807) is 6.92 Å². The summed E-state index contributed by atoms with van der Waals surface area (Å²) in [6, 6.07) is -1.13. The van der Waals surface area contributed by atoms with E-state index in [1.807, 2.05) is 11.9 Å². The molecule has 164 valence electrons. The van der Waals surface area contributed by atoms with Gasteiger partial charge in [0, 0.05) is 12.8 Å². The van der Waals surface area contributed by atoms with Crippen LogP contribution in [0.3, 0.4) is 0 Å². The van der Waals surface area contributed by atoms with Crippen LogP contribution in [0.1, 0.15) is 33.1 Å². The molecular weight excluding hydrogens is 408 g/mol. The zero-order valence-electron chi connectivity index (χ0n) is 16.8. The SMILES string of the molecule is CCC[C@H]1C[C@H](C(=O)N[C@H]([C@@H]2O[C@H]([S@@](C)=O)[C@@H](O)[C@@H](O)[C@H]2O)[C@@H](C)Cl)N(C)C1. The van der Waals surface area contributed by atoms with Crippen LogP contribution in [0.4, 0.5) is 0 Å². The van der Waals surface area contributed by atoms with Gasteiger partial charge in [-0.15, -0.1) is 11.6 Å². The first-order valence-electron chi connectivity index (χ1n) is 9.75. The number of nitrogens with one attached hydrogen (secondary N) is 1. The molecule has 2 aliphatic rings. The highest BCUT2D eigenvalue weighted by atomic mass is 35.5. The smallest absolute Gasteiger partial charge is 0.237 e. The molecule has 2 fully saturated rings. The van der Waals surface area contributed by atoms with Crippen LogP contribution in [0.5, 0.6) is 0 Å². The largest absolute Gasteiger partial charge is 0.388 e. The van der Waals surface area contributed by atoms with Gasteiger partial charge in [-0.25, -0.2) is 0 Å². The van der Waals surface area contributed by atoms with Gasteiger partial charge in [0.15, 0.2) is 5.44 Å². The molecule has 10 atom stereocenters. The van der Waals surface area contributed by atoms with Gasteiger partial charge in [0.05, 0.1) is 28.3 Å². The maximum atomic E-state index is 12.9. The zero-order chi connectivity index (χ0) is 21.2. The fourth-order valence-electron chi connectivity index (χ4n) is 4.19. The molecule has 2 heterocycles. The molecule has 1 amide bonds. The number of rotatable bonds is 7. The number of likely N-dealkylation sites (N-methyl/N-ethyl adjacent to an activating group) is 1. The van der Waals surface area contributed by atoms with E-state index in [0.29, 0.717) is 5.92 Å². The van der Waals surface area contributed by atoms with Crippen molar-refractivity contribution in [2.24, 2.45) is 5.92 Å². The molecule has 0 saturated carbocycles. The van der Waals surface area contributed by atoms with Crippen LogP contribution >= 0.6 is 11.6 Å². The van der Waals surface area contributed by atoms with E-state index in [-0.39, 0.29) is 11.9 Å². The first kappa shape index (κ1) is 24.0. The van der Waals surface area contributed by atoms with Crippen LogP contribution in [-0.2, 0) is 20.3 Å². The van der Waals surface area contributed by atoms with Gasteiger partial charge in [-0.3, -0.25) is 13.9 Å². The molecule has 0 aromatic rings. The lowest BCUT2D eigenvalue weighted by Gasteiger charge is -2.43. The second-order valence-corrected chi connectivity index (χ2v) is 10.1. The summed E-state index contributed by atoms with van der Waals surface area (Å²) in [5.41, 5.74) is -1.18. The summed E-state index contributed by atoms with van der Waals surface area (Å²) in [6.45, 7) is 4.61. The number of hydrogen-bond acceptors (Lipinski definition) is 7. The summed E-state index contributed by atoms with van der Waals surface area (Å²) >= 11 is 6.28. The van der Waals surface area contributed by atoms with E-state index in [2.05, 4.69) is 12.2 Å². The fourth-order valence-corrected chi connectivity index (χ4v) is 5.24. The number of aliphatic hydroxyl groups is 3. The van der Waals surface area contributed by atoms with Gasteiger partial charge < -0.3 is 25.4 Å². The minimum atomic E-state index is -1.60. The maximum Gasteiger partial charge on any atom is 0.237 e. The van der Waals surface area contributed by atoms with E-state index in [1.165, 1.54) is 6.26 Å². The molecule has 2 saturated heterocycles. The second kappa shape index (κ2) is 10.1. The summed E-state index contributed by atoms with van der Waals surface area (Å²) in [4.78, 5) is 14.9. The molecule has 0 aliphatic carbocycles. The van der Waals surface area contributed by atoms with Crippen LogP contribution in [-0.4, -0.2) is 97.5 Å². The predicted octanol–water partition coefficient (Wildman–Crippen LogP) is -0.595. The summed E-state index contributed by atoms with van der Waals surface area (Å²) in [5, 5.41) is 32.8. The van der Waals surface area contributed by atoms with E-state index < -0.39 is 52.1 Å². The average molecular weight is 441 g/mol. The quantitative estimate of drug-likeness (QED) is 0.390. The number of ether oxygens (including phenoxy) is 1. The van der Waals surface area contributed by atoms with Crippen molar-refractivity contribution in [1.29, 1.82) is 0 Å². The first-order chi connectivity index (χ1) is 13.1. The van der Waals surface area contributed by atoms with E-state index in [9.17, 15) is 24.3 Å². The van der Waals surface area contributed by atoms with Crippen LogP contribution in [0.2, 0.25) is 0 Å². The Kier molecular flexibility index (Phi) is 8.69. The van der Waals surface area contributed by atoms with Gasteiger partial charge in [0.25, 0.3) is 0 Å².